The number of furan rings is 1. The molecule has 1 heterocycles. The summed E-state index contributed by atoms with van der Waals surface area (Å²) >= 11 is 3.30. The molecule has 0 aliphatic rings. The Hall–Kier alpha value is -1.64. The lowest BCUT2D eigenvalue weighted by Crippen LogP contribution is -2.36. The minimum Gasteiger partial charge on any atom is -0.468 e. The molecule has 0 unspecified atom stereocenters. The third kappa shape index (κ3) is 4.97. The molecular weight excluding hydrogens is 372 g/mol. The molecule has 0 spiro atoms. The van der Waals surface area contributed by atoms with Crippen LogP contribution in [-0.2, 0) is 21.4 Å². The van der Waals surface area contributed by atoms with Crippen LogP contribution in [0.1, 0.15) is 5.76 Å². The van der Waals surface area contributed by atoms with E-state index in [9.17, 15) is 13.2 Å². The molecule has 8 heteroatoms. The number of anilines is 1. The van der Waals surface area contributed by atoms with Gasteiger partial charge in [-0.15, -0.1) is 0 Å². The standard InChI is InChI=1S/C14H15BrN2O4S/c1-22(19,20)17(9-13-3-2-8-21-13)10-14(18)16-12-6-4-11(15)5-7-12/h2-8H,9-10H2,1H3,(H,16,18). The quantitative estimate of drug-likeness (QED) is 0.826. The molecule has 0 bridgehead atoms. The Kier molecular flexibility index (Phi) is 5.38. The highest BCUT2D eigenvalue weighted by Crippen LogP contribution is 2.14. The van der Waals surface area contributed by atoms with Gasteiger partial charge in [-0.05, 0) is 36.4 Å². The van der Waals surface area contributed by atoms with E-state index in [4.69, 9.17) is 4.42 Å². The number of carbonyl (C=O) groups is 1. The molecule has 1 N–H and O–H groups in total. The van der Waals surface area contributed by atoms with Gasteiger partial charge in [-0.2, -0.15) is 4.31 Å². The number of nitrogens with zero attached hydrogens (tertiary/aromatic N) is 1. The monoisotopic (exact) mass is 386 g/mol. The smallest absolute Gasteiger partial charge is 0.239 e. The number of carbonyl (C=O) groups excluding carboxylic acids is 1. The minimum atomic E-state index is -3.53. The van der Waals surface area contributed by atoms with Crippen LogP contribution in [0.5, 0.6) is 0 Å². The summed E-state index contributed by atoms with van der Waals surface area (Å²) in [5.41, 5.74) is 0.597. The van der Waals surface area contributed by atoms with Gasteiger partial charge < -0.3 is 9.73 Å². The highest BCUT2D eigenvalue weighted by Gasteiger charge is 2.21. The topological polar surface area (TPSA) is 79.6 Å². The predicted molar refractivity (Wildman–Crippen MR) is 86.7 cm³/mol. The van der Waals surface area contributed by atoms with Crippen LogP contribution in [0.25, 0.3) is 0 Å². The molecule has 6 nitrogen and oxygen atoms in total. The highest BCUT2D eigenvalue weighted by atomic mass is 79.9. The average molecular weight is 387 g/mol. The number of nitrogens with one attached hydrogen (secondary N) is 1. The van der Waals surface area contributed by atoms with Crippen LogP contribution in [0.2, 0.25) is 0 Å². The van der Waals surface area contributed by atoms with Gasteiger partial charge in [-0.25, -0.2) is 8.42 Å². The Morgan fingerprint density at radius 3 is 2.50 bits per heavy atom. The fourth-order valence-corrected chi connectivity index (χ4v) is 2.74. The van der Waals surface area contributed by atoms with Crippen molar-refractivity contribution in [1.29, 1.82) is 0 Å². The minimum absolute atomic E-state index is 0.0135. The van der Waals surface area contributed by atoms with Crippen molar-refractivity contribution in [3.05, 3.63) is 52.9 Å². The Morgan fingerprint density at radius 2 is 1.95 bits per heavy atom. The molecule has 22 heavy (non-hydrogen) atoms. The van der Waals surface area contributed by atoms with Gasteiger partial charge in [0.25, 0.3) is 0 Å². The predicted octanol–water partition coefficient (Wildman–Crippen LogP) is 2.44. The summed E-state index contributed by atoms with van der Waals surface area (Å²) in [4.78, 5) is 12.0. The van der Waals surface area contributed by atoms with E-state index in [0.717, 1.165) is 15.0 Å². The number of halogens is 1. The molecule has 2 rings (SSSR count). The van der Waals surface area contributed by atoms with Crippen LogP contribution >= 0.6 is 15.9 Å². The average Bonchev–Trinajstić information content (AvgIpc) is 2.92. The molecule has 0 aliphatic heterocycles. The van der Waals surface area contributed by atoms with Crippen molar-refractivity contribution in [3.63, 3.8) is 0 Å². The van der Waals surface area contributed by atoms with E-state index in [1.807, 2.05) is 0 Å². The maximum absolute atomic E-state index is 12.0. The Morgan fingerprint density at radius 1 is 1.27 bits per heavy atom. The third-order valence-electron chi connectivity index (χ3n) is 2.83. The molecular formula is C14H15BrN2O4S. The van der Waals surface area contributed by atoms with Crippen LogP contribution < -0.4 is 5.32 Å². The lowest BCUT2D eigenvalue weighted by Gasteiger charge is -2.18. The molecule has 118 valence electrons. The normalized spacial score (nSPS) is 11.6. The second-order valence-electron chi connectivity index (χ2n) is 4.67. The Balaban J connectivity index is 2.03. The second-order valence-corrected chi connectivity index (χ2v) is 7.56. The summed E-state index contributed by atoms with van der Waals surface area (Å²) in [6.45, 7) is -0.269. The van der Waals surface area contributed by atoms with Crippen molar-refractivity contribution < 1.29 is 17.6 Å². The van der Waals surface area contributed by atoms with Gasteiger partial charge in [0.05, 0.1) is 25.6 Å². The van der Waals surface area contributed by atoms with E-state index >= 15 is 0 Å². The first kappa shape index (κ1) is 16.7. The molecule has 0 atom stereocenters. The van der Waals surface area contributed by atoms with Gasteiger partial charge in [0, 0.05) is 10.2 Å². The number of rotatable bonds is 6. The fourth-order valence-electron chi connectivity index (χ4n) is 1.76. The summed E-state index contributed by atoms with van der Waals surface area (Å²) in [6, 6.07) is 10.3. The molecule has 0 aliphatic carbocycles. The number of sulfonamides is 1. The van der Waals surface area contributed by atoms with Crippen molar-refractivity contribution in [2.24, 2.45) is 0 Å². The fraction of sp³-hybridized carbons (Fsp3) is 0.214. The van der Waals surface area contributed by atoms with E-state index < -0.39 is 15.9 Å². The largest absolute Gasteiger partial charge is 0.468 e. The SMILES string of the molecule is CS(=O)(=O)N(CC(=O)Nc1ccc(Br)cc1)Cc1ccco1. The molecule has 0 saturated heterocycles. The summed E-state index contributed by atoms with van der Waals surface area (Å²) in [7, 11) is -3.53. The second kappa shape index (κ2) is 7.08. The zero-order valence-corrected chi connectivity index (χ0v) is 14.2. The van der Waals surface area contributed by atoms with Crippen LogP contribution in [0.4, 0.5) is 5.69 Å². The van der Waals surface area contributed by atoms with Crippen LogP contribution in [-0.4, -0.2) is 31.4 Å². The highest BCUT2D eigenvalue weighted by molar-refractivity contribution is 9.10. The first-order chi connectivity index (χ1) is 10.3. The molecule has 0 fully saturated rings. The van der Waals surface area contributed by atoms with Crippen LogP contribution in [0.3, 0.4) is 0 Å². The van der Waals surface area contributed by atoms with Crippen molar-refractivity contribution in [1.82, 2.24) is 4.31 Å². The van der Waals surface area contributed by atoms with Crippen LogP contribution in [0.15, 0.2) is 51.6 Å². The van der Waals surface area contributed by atoms with E-state index in [2.05, 4.69) is 21.2 Å². The van der Waals surface area contributed by atoms with E-state index in [0.29, 0.717) is 11.4 Å². The van der Waals surface area contributed by atoms with Gasteiger partial charge in [0.2, 0.25) is 15.9 Å². The van der Waals surface area contributed by atoms with Gasteiger partial charge in [-0.3, -0.25) is 4.79 Å². The lowest BCUT2D eigenvalue weighted by atomic mass is 10.3. The molecule has 0 saturated carbocycles. The number of benzene rings is 1. The van der Waals surface area contributed by atoms with Crippen molar-refractivity contribution in [2.45, 2.75) is 6.54 Å². The van der Waals surface area contributed by atoms with Crippen LogP contribution in [0, 0.1) is 0 Å². The van der Waals surface area contributed by atoms with Gasteiger partial charge in [0.1, 0.15) is 5.76 Å². The summed E-state index contributed by atoms with van der Waals surface area (Å²) < 4.78 is 30.7. The molecule has 0 radical (unpaired) electrons. The zero-order valence-electron chi connectivity index (χ0n) is 11.8. The molecule has 1 amide bonds. The van der Waals surface area contributed by atoms with E-state index in [1.54, 1.807) is 36.4 Å². The summed E-state index contributed by atoms with van der Waals surface area (Å²) in [5, 5.41) is 2.65. The van der Waals surface area contributed by atoms with Crippen molar-refractivity contribution >= 4 is 37.5 Å². The molecule has 1 aromatic carbocycles. The number of hydrogen-bond donors (Lipinski definition) is 1. The Bertz CT molecular complexity index is 727. The van der Waals surface area contributed by atoms with Gasteiger partial charge in [0.15, 0.2) is 0 Å². The number of hydrogen-bond acceptors (Lipinski definition) is 4. The first-order valence-corrected chi connectivity index (χ1v) is 9.01. The van der Waals surface area contributed by atoms with Gasteiger partial charge >= 0.3 is 0 Å². The maximum Gasteiger partial charge on any atom is 0.239 e. The van der Waals surface area contributed by atoms with Crippen molar-refractivity contribution in [3.8, 4) is 0 Å². The number of amides is 1. The summed E-state index contributed by atoms with van der Waals surface area (Å²) in [6.07, 6.45) is 2.51. The molecule has 1 aromatic heterocycles. The third-order valence-corrected chi connectivity index (χ3v) is 4.55. The van der Waals surface area contributed by atoms with Crippen molar-refractivity contribution in [2.75, 3.05) is 18.1 Å². The summed E-state index contributed by atoms with van der Waals surface area (Å²) in [5.74, 6) is 0.0566. The van der Waals surface area contributed by atoms with Gasteiger partial charge in [-0.1, -0.05) is 15.9 Å². The Labute approximate surface area is 137 Å². The molecule has 2 aromatic rings. The van der Waals surface area contributed by atoms with E-state index in [-0.39, 0.29) is 13.1 Å². The maximum atomic E-state index is 12.0. The zero-order chi connectivity index (χ0) is 16.2. The first-order valence-electron chi connectivity index (χ1n) is 6.37. The lowest BCUT2D eigenvalue weighted by molar-refractivity contribution is -0.116. The van der Waals surface area contributed by atoms with E-state index in [1.165, 1.54) is 6.26 Å².